The first-order chi connectivity index (χ1) is 12.6. The highest BCUT2D eigenvalue weighted by atomic mass is 16.5. The normalized spacial score (nSPS) is 10.8. The largest absolute Gasteiger partial charge is 0.494 e. The minimum absolute atomic E-state index is 0.169. The SMILES string of the molecule is Cc1ccc(OCCCCNC(=O)c2c(C)oc3nc[nH]c(=O)c23)cc1. The maximum atomic E-state index is 12.4. The third-order valence-electron chi connectivity index (χ3n) is 4.04. The number of fused-ring (bicyclic) bond motifs is 1. The van der Waals surface area contributed by atoms with Crippen LogP contribution in [0, 0.1) is 13.8 Å². The van der Waals surface area contributed by atoms with Crippen LogP contribution in [0.1, 0.15) is 34.5 Å². The van der Waals surface area contributed by atoms with E-state index < -0.39 is 0 Å². The number of nitrogens with zero attached hydrogens (tertiary/aromatic N) is 1. The first-order valence-electron chi connectivity index (χ1n) is 8.50. The van der Waals surface area contributed by atoms with Crippen molar-refractivity contribution in [3.63, 3.8) is 0 Å². The van der Waals surface area contributed by atoms with Crippen LogP contribution in [-0.4, -0.2) is 29.0 Å². The summed E-state index contributed by atoms with van der Waals surface area (Å²) in [5.74, 6) is 0.885. The summed E-state index contributed by atoms with van der Waals surface area (Å²) in [4.78, 5) is 30.7. The summed E-state index contributed by atoms with van der Waals surface area (Å²) in [7, 11) is 0. The molecule has 0 fully saturated rings. The van der Waals surface area contributed by atoms with Gasteiger partial charge in [0.1, 0.15) is 16.9 Å². The van der Waals surface area contributed by atoms with Gasteiger partial charge in [-0.1, -0.05) is 17.7 Å². The molecule has 3 aromatic rings. The number of furan rings is 1. The van der Waals surface area contributed by atoms with E-state index in [0.29, 0.717) is 18.9 Å². The summed E-state index contributed by atoms with van der Waals surface area (Å²) in [5, 5.41) is 3.00. The van der Waals surface area contributed by atoms with Crippen LogP contribution in [0.4, 0.5) is 0 Å². The molecule has 3 rings (SSSR count). The van der Waals surface area contributed by atoms with Gasteiger partial charge in [0.15, 0.2) is 0 Å². The molecule has 1 aromatic carbocycles. The second-order valence-corrected chi connectivity index (χ2v) is 6.07. The van der Waals surface area contributed by atoms with Crippen molar-refractivity contribution in [1.82, 2.24) is 15.3 Å². The number of carbonyl (C=O) groups is 1. The molecule has 2 N–H and O–H groups in total. The van der Waals surface area contributed by atoms with E-state index in [-0.39, 0.29) is 28.1 Å². The fourth-order valence-corrected chi connectivity index (χ4v) is 2.67. The van der Waals surface area contributed by atoms with Gasteiger partial charge in [-0.2, -0.15) is 0 Å². The first kappa shape index (κ1) is 17.7. The lowest BCUT2D eigenvalue weighted by Crippen LogP contribution is -2.26. The van der Waals surface area contributed by atoms with Gasteiger partial charge in [-0.15, -0.1) is 0 Å². The molecule has 0 aliphatic carbocycles. The number of aromatic amines is 1. The molecule has 26 heavy (non-hydrogen) atoms. The number of aryl methyl sites for hydroxylation is 2. The van der Waals surface area contributed by atoms with Gasteiger partial charge in [-0.3, -0.25) is 9.59 Å². The fourth-order valence-electron chi connectivity index (χ4n) is 2.67. The van der Waals surface area contributed by atoms with E-state index in [1.165, 1.54) is 11.9 Å². The molecular formula is C19H21N3O4. The fraction of sp³-hybridized carbons (Fsp3) is 0.316. The topological polar surface area (TPSA) is 97.2 Å². The van der Waals surface area contributed by atoms with Crippen molar-refractivity contribution in [3.05, 3.63) is 57.8 Å². The summed E-state index contributed by atoms with van der Waals surface area (Å²) < 4.78 is 11.0. The Labute approximate surface area is 150 Å². The minimum atomic E-state index is -0.386. The lowest BCUT2D eigenvalue weighted by molar-refractivity contribution is 0.0952. The Morgan fingerprint density at radius 1 is 1.23 bits per heavy atom. The van der Waals surface area contributed by atoms with Crippen molar-refractivity contribution >= 4 is 17.0 Å². The van der Waals surface area contributed by atoms with Crippen molar-refractivity contribution in [2.24, 2.45) is 0 Å². The number of benzene rings is 1. The number of hydrogen-bond donors (Lipinski definition) is 2. The highest BCUT2D eigenvalue weighted by Gasteiger charge is 2.21. The smallest absolute Gasteiger partial charge is 0.262 e. The van der Waals surface area contributed by atoms with Crippen LogP contribution in [-0.2, 0) is 0 Å². The lowest BCUT2D eigenvalue weighted by atomic mass is 10.1. The Bertz CT molecular complexity index is 957. The first-order valence-corrected chi connectivity index (χ1v) is 8.50. The summed E-state index contributed by atoms with van der Waals surface area (Å²) in [6.07, 6.45) is 2.83. The highest BCUT2D eigenvalue weighted by Crippen LogP contribution is 2.20. The van der Waals surface area contributed by atoms with Crippen molar-refractivity contribution in [1.29, 1.82) is 0 Å². The molecule has 1 amide bonds. The number of ether oxygens (including phenoxy) is 1. The van der Waals surface area contributed by atoms with Crippen molar-refractivity contribution in [3.8, 4) is 5.75 Å². The predicted molar refractivity (Wildman–Crippen MR) is 97.6 cm³/mol. The molecule has 7 nitrogen and oxygen atoms in total. The Kier molecular flexibility index (Phi) is 5.36. The number of H-pyrrole nitrogens is 1. The minimum Gasteiger partial charge on any atom is -0.494 e. The van der Waals surface area contributed by atoms with Gasteiger partial charge >= 0.3 is 0 Å². The molecule has 0 saturated heterocycles. The summed E-state index contributed by atoms with van der Waals surface area (Å²) in [6.45, 7) is 4.74. The molecule has 2 aromatic heterocycles. The summed E-state index contributed by atoms with van der Waals surface area (Å²) in [5.41, 5.74) is 1.22. The van der Waals surface area contributed by atoms with Gasteiger partial charge in [-0.25, -0.2) is 4.98 Å². The third kappa shape index (κ3) is 3.93. The molecule has 7 heteroatoms. The van der Waals surface area contributed by atoms with Gasteiger partial charge in [0, 0.05) is 6.54 Å². The molecule has 0 atom stereocenters. The number of aromatic nitrogens is 2. The Balaban J connectivity index is 1.48. The third-order valence-corrected chi connectivity index (χ3v) is 4.04. The molecule has 0 spiro atoms. The van der Waals surface area contributed by atoms with E-state index in [0.717, 1.165) is 18.6 Å². The zero-order chi connectivity index (χ0) is 18.5. The predicted octanol–water partition coefficient (Wildman–Crippen LogP) is 2.72. The Hall–Kier alpha value is -3.09. The average molecular weight is 355 g/mol. The summed E-state index contributed by atoms with van der Waals surface area (Å²) >= 11 is 0. The molecule has 2 heterocycles. The van der Waals surface area contributed by atoms with Crippen LogP contribution < -0.4 is 15.6 Å². The molecule has 0 bridgehead atoms. The monoisotopic (exact) mass is 355 g/mol. The molecule has 0 radical (unpaired) electrons. The molecule has 0 saturated carbocycles. The molecule has 0 aliphatic heterocycles. The quantitative estimate of drug-likeness (QED) is 0.635. The van der Waals surface area contributed by atoms with Crippen LogP contribution in [0.25, 0.3) is 11.1 Å². The standard InChI is InChI=1S/C19H21N3O4/c1-12-5-7-14(8-6-12)25-10-4-3-9-20-17(23)15-13(2)26-19-16(15)18(24)21-11-22-19/h5-8,11H,3-4,9-10H2,1-2H3,(H,20,23)(H,21,22,24). The van der Waals surface area contributed by atoms with Gasteiger partial charge in [0.2, 0.25) is 5.71 Å². The van der Waals surface area contributed by atoms with Gasteiger partial charge < -0.3 is 19.5 Å². The number of carbonyl (C=O) groups excluding carboxylic acids is 1. The Morgan fingerprint density at radius 2 is 2.00 bits per heavy atom. The highest BCUT2D eigenvalue weighted by molar-refractivity contribution is 6.06. The second-order valence-electron chi connectivity index (χ2n) is 6.07. The van der Waals surface area contributed by atoms with Crippen LogP contribution >= 0.6 is 0 Å². The number of amides is 1. The van der Waals surface area contributed by atoms with Crippen LogP contribution in [0.5, 0.6) is 5.75 Å². The molecular weight excluding hydrogens is 334 g/mol. The van der Waals surface area contributed by atoms with Crippen LogP contribution in [0.3, 0.4) is 0 Å². The number of unbranched alkanes of at least 4 members (excludes halogenated alkanes) is 1. The van der Waals surface area contributed by atoms with Crippen molar-refractivity contribution in [2.75, 3.05) is 13.2 Å². The van der Waals surface area contributed by atoms with Crippen LogP contribution in [0.2, 0.25) is 0 Å². The van der Waals surface area contributed by atoms with Crippen molar-refractivity contribution < 1.29 is 13.9 Å². The molecule has 0 aliphatic rings. The second kappa shape index (κ2) is 7.86. The molecule has 136 valence electrons. The van der Waals surface area contributed by atoms with Crippen molar-refractivity contribution in [2.45, 2.75) is 26.7 Å². The average Bonchev–Trinajstić information content (AvgIpc) is 2.96. The summed E-state index contributed by atoms with van der Waals surface area (Å²) in [6, 6.07) is 7.89. The van der Waals surface area contributed by atoms with E-state index in [1.807, 2.05) is 31.2 Å². The van der Waals surface area contributed by atoms with E-state index in [4.69, 9.17) is 9.15 Å². The van der Waals surface area contributed by atoms with E-state index in [9.17, 15) is 9.59 Å². The van der Waals surface area contributed by atoms with Crippen LogP contribution in [0.15, 0.2) is 39.8 Å². The zero-order valence-corrected chi connectivity index (χ0v) is 14.8. The zero-order valence-electron chi connectivity index (χ0n) is 14.8. The maximum absolute atomic E-state index is 12.4. The number of nitrogens with one attached hydrogen (secondary N) is 2. The van der Waals surface area contributed by atoms with Gasteiger partial charge in [0.05, 0.1) is 18.5 Å². The van der Waals surface area contributed by atoms with Gasteiger partial charge in [0.25, 0.3) is 11.5 Å². The Morgan fingerprint density at radius 3 is 2.77 bits per heavy atom. The van der Waals surface area contributed by atoms with E-state index >= 15 is 0 Å². The lowest BCUT2D eigenvalue weighted by Gasteiger charge is -2.07. The molecule has 0 unspecified atom stereocenters. The van der Waals surface area contributed by atoms with E-state index in [1.54, 1.807) is 6.92 Å². The van der Waals surface area contributed by atoms with E-state index in [2.05, 4.69) is 15.3 Å². The van der Waals surface area contributed by atoms with Gasteiger partial charge in [-0.05, 0) is 38.8 Å². The maximum Gasteiger partial charge on any atom is 0.262 e. The number of hydrogen-bond acceptors (Lipinski definition) is 5. The number of rotatable bonds is 7.